The summed E-state index contributed by atoms with van der Waals surface area (Å²) in [5, 5.41) is 1.82. The van der Waals surface area contributed by atoms with Crippen molar-refractivity contribution >= 4 is 9.84 Å². The molecule has 0 radical (unpaired) electrons. The standard InChI is InChI=1S/C11H12O2S/c1-5-14(12,13)11-7-6-8(2)9(3)10(11)4/h1,6-7H,2-4H3. The Balaban J connectivity index is 3.57. The summed E-state index contributed by atoms with van der Waals surface area (Å²) >= 11 is 0. The highest BCUT2D eigenvalue weighted by Crippen LogP contribution is 2.21. The minimum Gasteiger partial charge on any atom is -0.210 e. The molecule has 14 heavy (non-hydrogen) atoms. The number of hydrogen-bond donors (Lipinski definition) is 0. The lowest BCUT2D eigenvalue weighted by Crippen LogP contribution is -2.01. The zero-order chi connectivity index (χ0) is 10.9. The van der Waals surface area contributed by atoms with Crippen LogP contribution in [-0.2, 0) is 9.84 Å². The second kappa shape index (κ2) is 3.47. The lowest BCUT2D eigenvalue weighted by Gasteiger charge is -2.08. The van der Waals surface area contributed by atoms with E-state index in [4.69, 9.17) is 6.42 Å². The lowest BCUT2D eigenvalue weighted by atomic mass is 10.1. The molecule has 74 valence electrons. The fourth-order valence-corrected chi connectivity index (χ4v) is 2.22. The number of terminal acetylenes is 1. The van der Waals surface area contributed by atoms with Crippen molar-refractivity contribution in [2.75, 3.05) is 0 Å². The van der Waals surface area contributed by atoms with Crippen molar-refractivity contribution in [3.05, 3.63) is 28.8 Å². The van der Waals surface area contributed by atoms with Gasteiger partial charge in [-0.1, -0.05) is 6.07 Å². The van der Waals surface area contributed by atoms with E-state index in [1.165, 1.54) is 0 Å². The van der Waals surface area contributed by atoms with E-state index in [-0.39, 0.29) is 4.90 Å². The molecule has 0 aliphatic carbocycles. The van der Waals surface area contributed by atoms with Crippen molar-refractivity contribution in [1.82, 2.24) is 0 Å². The predicted molar refractivity (Wildman–Crippen MR) is 56.7 cm³/mol. The number of sulfone groups is 1. The van der Waals surface area contributed by atoms with Crippen LogP contribution in [0.4, 0.5) is 0 Å². The number of benzene rings is 1. The molecule has 3 heteroatoms. The third kappa shape index (κ3) is 1.66. The number of rotatable bonds is 1. The van der Waals surface area contributed by atoms with Gasteiger partial charge in [0.15, 0.2) is 0 Å². The Morgan fingerprint density at radius 3 is 2.21 bits per heavy atom. The van der Waals surface area contributed by atoms with Gasteiger partial charge in [0.1, 0.15) is 0 Å². The summed E-state index contributed by atoms with van der Waals surface area (Å²) in [5.41, 5.74) is 2.78. The summed E-state index contributed by atoms with van der Waals surface area (Å²) in [6, 6.07) is 3.33. The Morgan fingerprint density at radius 1 is 1.14 bits per heavy atom. The Bertz CT molecular complexity index is 505. The molecule has 0 heterocycles. The zero-order valence-corrected chi connectivity index (χ0v) is 9.27. The smallest absolute Gasteiger partial charge is 0.210 e. The molecular formula is C11H12O2S. The van der Waals surface area contributed by atoms with Crippen molar-refractivity contribution in [2.45, 2.75) is 25.7 Å². The van der Waals surface area contributed by atoms with E-state index in [0.717, 1.165) is 16.7 Å². The zero-order valence-electron chi connectivity index (χ0n) is 8.46. The van der Waals surface area contributed by atoms with Gasteiger partial charge < -0.3 is 0 Å². The molecule has 0 bridgehead atoms. The normalized spacial score (nSPS) is 11.0. The van der Waals surface area contributed by atoms with Gasteiger partial charge in [-0.15, -0.1) is 6.42 Å². The van der Waals surface area contributed by atoms with Crippen LogP contribution in [0.3, 0.4) is 0 Å². The first kappa shape index (κ1) is 10.8. The molecule has 0 saturated carbocycles. The van der Waals surface area contributed by atoms with Crippen LogP contribution in [0.25, 0.3) is 0 Å². The molecule has 0 atom stereocenters. The second-order valence-corrected chi connectivity index (χ2v) is 4.93. The van der Waals surface area contributed by atoms with Crippen molar-refractivity contribution in [2.24, 2.45) is 0 Å². The molecule has 0 N–H and O–H groups in total. The third-order valence-electron chi connectivity index (χ3n) is 2.45. The first-order chi connectivity index (χ1) is 6.40. The van der Waals surface area contributed by atoms with Gasteiger partial charge >= 0.3 is 0 Å². The first-order valence-electron chi connectivity index (χ1n) is 4.19. The predicted octanol–water partition coefficient (Wildman–Crippen LogP) is 1.98. The summed E-state index contributed by atoms with van der Waals surface area (Å²) in [5.74, 6) is 0. The molecule has 0 unspecified atom stereocenters. The Morgan fingerprint density at radius 2 is 1.71 bits per heavy atom. The maximum absolute atomic E-state index is 11.4. The topological polar surface area (TPSA) is 34.1 Å². The summed E-state index contributed by atoms with van der Waals surface area (Å²) in [6.45, 7) is 5.60. The Labute approximate surface area is 84.9 Å². The van der Waals surface area contributed by atoms with Gasteiger partial charge in [-0.2, -0.15) is 0 Å². The van der Waals surface area contributed by atoms with Crippen molar-refractivity contribution in [3.63, 3.8) is 0 Å². The molecule has 0 aliphatic heterocycles. The van der Waals surface area contributed by atoms with Gasteiger partial charge in [-0.25, -0.2) is 8.42 Å². The van der Waals surface area contributed by atoms with Gasteiger partial charge in [-0.05, 0) is 43.5 Å². The molecule has 2 nitrogen and oxygen atoms in total. The van der Waals surface area contributed by atoms with E-state index >= 15 is 0 Å². The summed E-state index contributed by atoms with van der Waals surface area (Å²) in [6.07, 6.45) is 4.96. The number of hydrogen-bond acceptors (Lipinski definition) is 2. The van der Waals surface area contributed by atoms with Crippen LogP contribution in [0.5, 0.6) is 0 Å². The summed E-state index contributed by atoms with van der Waals surface area (Å²) in [4.78, 5) is 0.239. The van der Waals surface area contributed by atoms with Crippen LogP contribution < -0.4 is 0 Å². The highest BCUT2D eigenvalue weighted by molar-refractivity contribution is 7.96. The van der Waals surface area contributed by atoms with Crippen LogP contribution in [0.15, 0.2) is 17.0 Å². The largest absolute Gasteiger partial charge is 0.245 e. The maximum Gasteiger partial charge on any atom is 0.245 e. The highest BCUT2D eigenvalue weighted by Gasteiger charge is 2.15. The van der Waals surface area contributed by atoms with Gasteiger partial charge in [0.05, 0.1) is 4.90 Å². The molecule has 0 saturated heterocycles. The Kier molecular flexibility index (Phi) is 2.68. The van der Waals surface area contributed by atoms with Crippen molar-refractivity contribution < 1.29 is 8.42 Å². The van der Waals surface area contributed by atoms with E-state index in [1.54, 1.807) is 19.1 Å². The van der Waals surface area contributed by atoms with Gasteiger partial charge in [0.2, 0.25) is 9.84 Å². The third-order valence-corrected chi connectivity index (χ3v) is 3.78. The fourth-order valence-electron chi connectivity index (χ4n) is 1.29. The molecular weight excluding hydrogens is 196 g/mol. The van der Waals surface area contributed by atoms with Crippen LogP contribution in [0.1, 0.15) is 16.7 Å². The molecule has 0 fully saturated rings. The number of aryl methyl sites for hydroxylation is 1. The summed E-state index contributed by atoms with van der Waals surface area (Å²) in [7, 11) is -3.54. The molecule has 0 spiro atoms. The van der Waals surface area contributed by atoms with Crippen molar-refractivity contribution in [1.29, 1.82) is 0 Å². The first-order valence-corrected chi connectivity index (χ1v) is 5.67. The van der Waals surface area contributed by atoms with Crippen LogP contribution >= 0.6 is 0 Å². The van der Waals surface area contributed by atoms with Gasteiger partial charge in [0.25, 0.3) is 0 Å². The minimum atomic E-state index is -3.54. The van der Waals surface area contributed by atoms with Crippen LogP contribution in [0, 0.1) is 32.4 Å². The maximum atomic E-state index is 11.4. The van der Waals surface area contributed by atoms with Crippen molar-refractivity contribution in [3.8, 4) is 11.7 Å². The molecule has 0 amide bonds. The average Bonchev–Trinajstić information content (AvgIpc) is 2.14. The lowest BCUT2D eigenvalue weighted by molar-refractivity contribution is 0.605. The average molecular weight is 208 g/mol. The molecule has 0 aliphatic rings. The van der Waals surface area contributed by atoms with E-state index in [9.17, 15) is 8.42 Å². The highest BCUT2D eigenvalue weighted by atomic mass is 32.2. The van der Waals surface area contributed by atoms with Gasteiger partial charge in [-0.3, -0.25) is 0 Å². The van der Waals surface area contributed by atoms with E-state index in [0.29, 0.717) is 0 Å². The molecule has 1 aromatic carbocycles. The molecule has 1 aromatic rings. The molecule has 1 rings (SSSR count). The monoisotopic (exact) mass is 208 g/mol. The van der Waals surface area contributed by atoms with Gasteiger partial charge in [0, 0.05) is 5.25 Å². The van der Waals surface area contributed by atoms with Crippen LogP contribution in [-0.4, -0.2) is 8.42 Å². The SMILES string of the molecule is C#CS(=O)(=O)c1ccc(C)c(C)c1C. The van der Waals surface area contributed by atoms with Crippen LogP contribution in [0.2, 0.25) is 0 Å². The van der Waals surface area contributed by atoms with E-state index in [1.807, 2.05) is 19.1 Å². The summed E-state index contributed by atoms with van der Waals surface area (Å²) < 4.78 is 22.9. The fraction of sp³-hybridized carbons (Fsp3) is 0.273. The molecule has 0 aromatic heterocycles. The minimum absolute atomic E-state index is 0.239. The van der Waals surface area contributed by atoms with E-state index in [2.05, 4.69) is 0 Å². The quantitative estimate of drug-likeness (QED) is 0.522. The second-order valence-electron chi connectivity index (χ2n) is 3.25. The van der Waals surface area contributed by atoms with E-state index < -0.39 is 9.84 Å². The Hall–Kier alpha value is -1.27.